The topological polar surface area (TPSA) is 69.3 Å². The highest BCUT2D eigenvalue weighted by Gasteiger charge is 2.20. The lowest BCUT2D eigenvalue weighted by atomic mass is 9.98. The first-order chi connectivity index (χ1) is 16.5. The van der Waals surface area contributed by atoms with Crippen molar-refractivity contribution in [3.63, 3.8) is 0 Å². The van der Waals surface area contributed by atoms with Crippen molar-refractivity contribution in [3.05, 3.63) is 45.4 Å². The molecule has 0 radical (unpaired) electrons. The van der Waals surface area contributed by atoms with Crippen LogP contribution in [0.15, 0.2) is 28.7 Å². The molecular formula is C25H32BrFN2O5. The van der Waals surface area contributed by atoms with E-state index in [-0.39, 0.29) is 18.3 Å². The van der Waals surface area contributed by atoms with Crippen LogP contribution in [0.2, 0.25) is 0 Å². The van der Waals surface area contributed by atoms with Gasteiger partial charge < -0.3 is 24.3 Å². The SMILES string of the molecule is COc1cc2c(cc1OC)CN(CCCCNC(=O)c1cc(Br)cc(OC)c1OCC[18F])CC2. The molecule has 0 aliphatic carbocycles. The van der Waals surface area contributed by atoms with E-state index in [0.717, 1.165) is 50.4 Å². The maximum absolute atomic E-state index is 12.8. The zero-order valence-corrected chi connectivity index (χ0v) is 21.5. The number of halogens is 2. The Labute approximate surface area is 208 Å². The molecule has 1 aliphatic heterocycles. The van der Waals surface area contributed by atoms with Gasteiger partial charge in [-0.3, -0.25) is 9.69 Å². The van der Waals surface area contributed by atoms with Crippen molar-refractivity contribution in [2.24, 2.45) is 0 Å². The molecule has 1 N–H and O–H groups in total. The smallest absolute Gasteiger partial charge is 0.255 e. The van der Waals surface area contributed by atoms with Gasteiger partial charge in [-0.15, -0.1) is 0 Å². The Morgan fingerprint density at radius 1 is 1.03 bits per heavy atom. The fraction of sp³-hybridized carbons (Fsp3) is 0.480. The molecule has 3 rings (SSSR count). The average Bonchev–Trinajstić information content (AvgIpc) is 2.85. The Kier molecular flexibility index (Phi) is 9.83. The van der Waals surface area contributed by atoms with Crippen LogP contribution in [0.25, 0.3) is 0 Å². The minimum atomic E-state index is -0.651. The molecule has 0 saturated heterocycles. The maximum Gasteiger partial charge on any atom is 0.255 e. The lowest BCUT2D eigenvalue weighted by molar-refractivity contribution is 0.0947. The standard InChI is InChI=1S/C25H32BrFN2O5/c1-31-21-12-17-6-10-29(16-18(17)13-22(21)32-2)9-5-4-8-28-25(30)20-14-19(26)15-23(33-3)24(20)34-11-7-27/h12-15H,4-11,16H2,1-3H3,(H,28,30)/i27-1. The van der Waals surface area contributed by atoms with E-state index in [1.54, 1.807) is 26.4 Å². The summed E-state index contributed by atoms with van der Waals surface area (Å²) in [7, 11) is 4.79. The van der Waals surface area contributed by atoms with Crippen LogP contribution in [0.1, 0.15) is 34.3 Å². The first kappa shape index (κ1) is 26.1. The molecule has 0 aromatic heterocycles. The number of hydrogen-bond acceptors (Lipinski definition) is 6. The van der Waals surface area contributed by atoms with Gasteiger partial charge in [0.05, 0.1) is 26.9 Å². The first-order valence-corrected chi connectivity index (χ1v) is 12.1. The summed E-state index contributed by atoms with van der Waals surface area (Å²) in [6.45, 7) is 2.54. The summed E-state index contributed by atoms with van der Waals surface area (Å²) in [5, 5.41) is 2.94. The fourth-order valence-electron chi connectivity index (χ4n) is 4.07. The zero-order valence-electron chi connectivity index (χ0n) is 19.9. The summed E-state index contributed by atoms with van der Waals surface area (Å²) in [6.07, 6.45) is 2.77. The van der Waals surface area contributed by atoms with Crippen molar-refractivity contribution in [2.45, 2.75) is 25.8 Å². The number of ether oxygens (including phenoxy) is 4. The van der Waals surface area contributed by atoms with Crippen LogP contribution in [-0.2, 0) is 13.0 Å². The van der Waals surface area contributed by atoms with E-state index < -0.39 is 6.67 Å². The zero-order chi connectivity index (χ0) is 24.5. The number of fused-ring (bicyclic) bond motifs is 1. The highest BCUT2D eigenvalue weighted by atomic mass is 79.9. The molecule has 1 aliphatic rings. The van der Waals surface area contributed by atoms with Crippen molar-refractivity contribution < 1.29 is 28.1 Å². The molecule has 0 spiro atoms. The molecule has 0 fully saturated rings. The molecule has 2 aromatic carbocycles. The summed E-state index contributed by atoms with van der Waals surface area (Å²) >= 11 is 3.38. The quantitative estimate of drug-likeness (QED) is 0.405. The van der Waals surface area contributed by atoms with Gasteiger partial charge in [-0.25, -0.2) is 4.39 Å². The minimum Gasteiger partial charge on any atom is -0.493 e. The monoisotopic (exact) mass is 537 g/mol. The molecule has 34 heavy (non-hydrogen) atoms. The molecule has 0 unspecified atom stereocenters. The highest BCUT2D eigenvalue weighted by molar-refractivity contribution is 9.10. The number of amides is 1. The van der Waals surface area contributed by atoms with Gasteiger partial charge in [0.2, 0.25) is 0 Å². The molecule has 7 nitrogen and oxygen atoms in total. The number of nitrogens with one attached hydrogen (secondary N) is 1. The van der Waals surface area contributed by atoms with Gasteiger partial charge in [0.25, 0.3) is 5.91 Å². The third kappa shape index (κ3) is 6.54. The minimum absolute atomic E-state index is 0.143. The number of carbonyl (C=O) groups is 1. The first-order valence-electron chi connectivity index (χ1n) is 11.3. The Morgan fingerprint density at radius 2 is 1.74 bits per heavy atom. The van der Waals surface area contributed by atoms with Crippen LogP contribution >= 0.6 is 15.9 Å². The molecule has 1 heterocycles. The van der Waals surface area contributed by atoms with Crippen LogP contribution in [0.5, 0.6) is 23.0 Å². The summed E-state index contributed by atoms with van der Waals surface area (Å²) in [5.41, 5.74) is 2.88. The van der Waals surface area contributed by atoms with Gasteiger partial charge in [0, 0.05) is 24.1 Å². The van der Waals surface area contributed by atoms with E-state index in [1.165, 1.54) is 18.2 Å². The van der Waals surface area contributed by atoms with Gasteiger partial charge in [0.1, 0.15) is 13.3 Å². The maximum atomic E-state index is 12.8. The van der Waals surface area contributed by atoms with Crippen LogP contribution in [-0.4, -0.2) is 65.1 Å². The second-order valence-electron chi connectivity index (χ2n) is 7.99. The second kappa shape index (κ2) is 12.8. The second-order valence-corrected chi connectivity index (χ2v) is 8.90. The summed E-state index contributed by atoms with van der Waals surface area (Å²) < 4.78 is 34.9. The predicted molar refractivity (Wildman–Crippen MR) is 132 cm³/mol. The summed E-state index contributed by atoms with van der Waals surface area (Å²) in [5.74, 6) is 1.88. The van der Waals surface area contributed by atoms with Crippen molar-refractivity contribution in [1.82, 2.24) is 10.2 Å². The van der Waals surface area contributed by atoms with Crippen molar-refractivity contribution in [3.8, 4) is 23.0 Å². The van der Waals surface area contributed by atoms with E-state index in [0.29, 0.717) is 22.3 Å². The van der Waals surface area contributed by atoms with Crippen molar-refractivity contribution >= 4 is 21.8 Å². The molecule has 2 aromatic rings. The number of benzene rings is 2. The average molecular weight is 538 g/mol. The van der Waals surface area contributed by atoms with Crippen LogP contribution in [0, 0.1) is 0 Å². The summed E-state index contributed by atoms with van der Waals surface area (Å²) in [6, 6.07) is 7.48. The molecule has 0 atom stereocenters. The molecule has 0 bridgehead atoms. The van der Waals surface area contributed by atoms with E-state index in [9.17, 15) is 9.18 Å². The van der Waals surface area contributed by atoms with Crippen LogP contribution < -0.4 is 24.3 Å². The van der Waals surface area contributed by atoms with Crippen molar-refractivity contribution in [2.75, 3.05) is 54.2 Å². The number of unbranched alkanes of at least 4 members (excludes halogenated alkanes) is 1. The van der Waals surface area contributed by atoms with E-state index in [1.807, 2.05) is 0 Å². The Hall–Kier alpha value is -2.52. The van der Waals surface area contributed by atoms with Crippen molar-refractivity contribution in [1.29, 1.82) is 0 Å². The van der Waals surface area contributed by atoms with Crippen LogP contribution in [0.3, 0.4) is 0 Å². The Balaban J connectivity index is 1.49. The van der Waals surface area contributed by atoms with E-state index in [4.69, 9.17) is 18.9 Å². The van der Waals surface area contributed by atoms with E-state index >= 15 is 0 Å². The third-order valence-electron chi connectivity index (χ3n) is 5.79. The number of alkyl halides is 1. The number of nitrogens with zero attached hydrogens (tertiary/aromatic N) is 1. The fourth-order valence-corrected chi connectivity index (χ4v) is 4.51. The van der Waals surface area contributed by atoms with E-state index in [2.05, 4.69) is 38.3 Å². The molecule has 1 amide bonds. The normalized spacial score (nSPS) is 13.2. The van der Waals surface area contributed by atoms with Gasteiger partial charge in [-0.05, 0) is 61.2 Å². The predicted octanol–water partition coefficient (Wildman–Crippen LogP) is 4.39. The van der Waals surface area contributed by atoms with Crippen LogP contribution in [0.4, 0.5) is 4.39 Å². The largest absolute Gasteiger partial charge is 0.493 e. The number of hydrogen-bond donors (Lipinski definition) is 1. The lowest BCUT2D eigenvalue weighted by Crippen LogP contribution is -2.32. The van der Waals surface area contributed by atoms with Gasteiger partial charge in [-0.1, -0.05) is 15.9 Å². The number of rotatable bonds is 12. The third-order valence-corrected chi connectivity index (χ3v) is 6.25. The molecule has 186 valence electrons. The Morgan fingerprint density at radius 3 is 2.41 bits per heavy atom. The molecular weight excluding hydrogens is 506 g/mol. The lowest BCUT2D eigenvalue weighted by Gasteiger charge is -2.29. The number of methoxy groups -OCH3 is 3. The molecule has 0 saturated carbocycles. The van der Waals surface area contributed by atoms with Gasteiger partial charge in [0.15, 0.2) is 23.0 Å². The Bertz CT molecular complexity index is 988. The van der Waals surface area contributed by atoms with Gasteiger partial charge >= 0.3 is 0 Å². The number of carbonyl (C=O) groups excluding carboxylic acids is 1. The summed E-state index contributed by atoms with van der Waals surface area (Å²) in [4.78, 5) is 15.2. The highest BCUT2D eigenvalue weighted by Crippen LogP contribution is 2.35. The van der Waals surface area contributed by atoms with Gasteiger partial charge in [-0.2, -0.15) is 0 Å². The molecule has 9 heteroatoms.